The predicted molar refractivity (Wildman–Crippen MR) is 163 cm³/mol. The van der Waals surface area contributed by atoms with Crippen molar-refractivity contribution in [2.45, 2.75) is 39.5 Å². The average Bonchev–Trinajstić information content (AvgIpc) is 3.14. The summed E-state index contributed by atoms with van der Waals surface area (Å²) in [6.07, 6.45) is 1.53. The van der Waals surface area contributed by atoms with E-state index in [1.165, 1.54) is 6.21 Å². The molecule has 3 aromatic carbocycles. The van der Waals surface area contributed by atoms with Gasteiger partial charge in [0.15, 0.2) is 0 Å². The molecule has 0 aliphatic heterocycles. The molecule has 7 nitrogen and oxygen atoms in total. The number of hydrazone groups is 1. The zero-order chi connectivity index (χ0) is 29.2. The van der Waals surface area contributed by atoms with Crippen LogP contribution in [0.15, 0.2) is 76.7 Å². The fourth-order valence-corrected chi connectivity index (χ4v) is 6.49. The molecular weight excluding hydrogens is 567 g/mol. The lowest BCUT2D eigenvalue weighted by molar-refractivity contribution is -0.119. The lowest BCUT2D eigenvalue weighted by Gasteiger charge is -2.24. The molecule has 1 amide bonds. The molecule has 4 aromatic rings. The van der Waals surface area contributed by atoms with Gasteiger partial charge in [0.25, 0.3) is 15.9 Å². The van der Waals surface area contributed by atoms with Crippen LogP contribution >= 0.6 is 23.2 Å². The molecule has 0 atom stereocenters. The first-order valence-corrected chi connectivity index (χ1v) is 14.7. The Hall–Kier alpha value is -3.59. The number of carbonyl (C=O) groups excluding carboxylic acids is 1. The van der Waals surface area contributed by atoms with Crippen molar-refractivity contribution in [3.05, 3.63) is 110 Å². The maximum atomic E-state index is 13.7. The molecule has 0 bridgehead atoms. The van der Waals surface area contributed by atoms with E-state index >= 15 is 0 Å². The summed E-state index contributed by atoms with van der Waals surface area (Å²) in [6.45, 7) is 9.05. The van der Waals surface area contributed by atoms with Crippen LogP contribution in [-0.4, -0.2) is 31.7 Å². The number of amides is 1. The summed E-state index contributed by atoms with van der Waals surface area (Å²) >= 11 is 12.4. The highest BCUT2D eigenvalue weighted by atomic mass is 35.5. The van der Waals surface area contributed by atoms with Gasteiger partial charge < -0.3 is 4.57 Å². The Morgan fingerprint density at radius 1 is 0.875 bits per heavy atom. The van der Waals surface area contributed by atoms with E-state index in [0.717, 1.165) is 43.6 Å². The van der Waals surface area contributed by atoms with Crippen LogP contribution in [0.1, 0.15) is 33.6 Å². The molecule has 0 aliphatic carbocycles. The molecule has 0 unspecified atom stereocenters. The molecule has 208 valence electrons. The number of nitrogens with one attached hydrogen (secondary N) is 1. The van der Waals surface area contributed by atoms with Gasteiger partial charge in [-0.15, -0.1) is 0 Å². The van der Waals surface area contributed by atoms with Gasteiger partial charge in [0.2, 0.25) is 0 Å². The van der Waals surface area contributed by atoms with Gasteiger partial charge in [0.1, 0.15) is 6.54 Å². The minimum Gasteiger partial charge on any atom is -0.318 e. The highest BCUT2D eigenvalue weighted by Crippen LogP contribution is 2.27. The van der Waals surface area contributed by atoms with Crippen molar-refractivity contribution >= 4 is 51.0 Å². The van der Waals surface area contributed by atoms with Crippen LogP contribution in [0, 0.1) is 34.6 Å². The molecule has 0 saturated heterocycles. The highest BCUT2D eigenvalue weighted by molar-refractivity contribution is 7.92. The van der Waals surface area contributed by atoms with Crippen LogP contribution < -0.4 is 9.73 Å². The number of hydrogen-bond acceptors (Lipinski definition) is 4. The van der Waals surface area contributed by atoms with Gasteiger partial charge in [-0.1, -0.05) is 47.0 Å². The SMILES string of the molecule is Cc1ccc(S(=O)(=O)N(CC(=O)N/N=C\c2cc(C)n(-c3cc(Cl)cc(Cl)c3)c2C)c2cc(C)cc(C)c2)cc1. The van der Waals surface area contributed by atoms with E-state index in [0.29, 0.717) is 15.7 Å². The smallest absolute Gasteiger partial charge is 0.264 e. The molecule has 40 heavy (non-hydrogen) atoms. The molecule has 0 saturated carbocycles. The van der Waals surface area contributed by atoms with E-state index in [1.807, 2.05) is 63.5 Å². The first-order chi connectivity index (χ1) is 18.8. The van der Waals surface area contributed by atoms with Crippen molar-refractivity contribution in [1.82, 2.24) is 9.99 Å². The lowest BCUT2D eigenvalue weighted by atomic mass is 10.1. The first kappa shape index (κ1) is 29.4. The number of aryl methyl sites for hydroxylation is 4. The zero-order valence-electron chi connectivity index (χ0n) is 22.9. The standard InChI is InChI=1S/C30H30Cl2N4O3S/c1-19-6-8-29(9-7-19)40(38,39)35(27-11-20(2)10-21(3)12-27)18-30(37)34-33-17-24-13-22(4)36(23(24)5)28-15-25(31)14-26(32)16-28/h6-17H,18H2,1-5H3,(H,34,37)/b33-17-. The van der Waals surface area contributed by atoms with E-state index in [1.54, 1.807) is 42.5 Å². The third kappa shape index (κ3) is 6.58. The topological polar surface area (TPSA) is 83.8 Å². The molecule has 0 aliphatic rings. The maximum Gasteiger partial charge on any atom is 0.264 e. The van der Waals surface area contributed by atoms with Crippen LogP contribution in [0.4, 0.5) is 5.69 Å². The third-order valence-corrected chi connectivity index (χ3v) is 8.58. The Labute approximate surface area is 245 Å². The molecule has 1 heterocycles. The summed E-state index contributed by atoms with van der Waals surface area (Å²) in [4.78, 5) is 13.1. The third-order valence-electron chi connectivity index (χ3n) is 6.36. The van der Waals surface area contributed by atoms with E-state index in [-0.39, 0.29) is 4.90 Å². The van der Waals surface area contributed by atoms with E-state index in [4.69, 9.17) is 23.2 Å². The molecule has 10 heteroatoms. The number of anilines is 1. The number of halogens is 2. The normalized spacial score (nSPS) is 11.7. The monoisotopic (exact) mass is 596 g/mol. The maximum absolute atomic E-state index is 13.7. The molecule has 1 N–H and O–H groups in total. The first-order valence-electron chi connectivity index (χ1n) is 12.5. The Bertz CT molecular complexity index is 1670. The fraction of sp³-hybridized carbons (Fsp3) is 0.200. The lowest BCUT2D eigenvalue weighted by Crippen LogP contribution is -2.39. The minimum atomic E-state index is -4.03. The van der Waals surface area contributed by atoms with Crippen molar-refractivity contribution < 1.29 is 13.2 Å². The van der Waals surface area contributed by atoms with Gasteiger partial charge >= 0.3 is 0 Å². The quantitative estimate of drug-likeness (QED) is 0.182. The highest BCUT2D eigenvalue weighted by Gasteiger charge is 2.27. The molecule has 4 rings (SSSR count). The van der Waals surface area contributed by atoms with Gasteiger partial charge in [-0.05, 0) is 94.3 Å². The molecular formula is C30H30Cl2N4O3S. The predicted octanol–water partition coefficient (Wildman–Crippen LogP) is 6.67. The summed E-state index contributed by atoms with van der Waals surface area (Å²) in [5, 5.41) is 5.16. The Morgan fingerprint density at radius 3 is 2.08 bits per heavy atom. The minimum absolute atomic E-state index is 0.0992. The summed E-state index contributed by atoms with van der Waals surface area (Å²) in [5.74, 6) is -0.582. The molecule has 0 radical (unpaired) electrons. The molecule has 0 spiro atoms. The number of carbonyl (C=O) groups is 1. The summed E-state index contributed by atoms with van der Waals surface area (Å²) < 4.78 is 30.4. The van der Waals surface area contributed by atoms with E-state index in [2.05, 4.69) is 10.5 Å². The number of rotatable bonds is 8. The average molecular weight is 598 g/mol. The molecule has 0 fully saturated rings. The Kier molecular flexibility index (Phi) is 8.73. The van der Waals surface area contributed by atoms with Gasteiger partial charge in [-0.3, -0.25) is 9.10 Å². The Morgan fingerprint density at radius 2 is 1.48 bits per heavy atom. The van der Waals surface area contributed by atoms with Gasteiger partial charge in [0.05, 0.1) is 16.8 Å². The van der Waals surface area contributed by atoms with Crippen LogP contribution in [0.25, 0.3) is 5.69 Å². The number of sulfonamides is 1. The summed E-state index contributed by atoms with van der Waals surface area (Å²) in [5.41, 5.74) is 8.95. The van der Waals surface area contributed by atoms with Gasteiger partial charge in [0, 0.05) is 32.7 Å². The van der Waals surface area contributed by atoms with Crippen LogP contribution in [0.3, 0.4) is 0 Å². The number of nitrogens with zero attached hydrogens (tertiary/aromatic N) is 3. The zero-order valence-corrected chi connectivity index (χ0v) is 25.2. The van der Waals surface area contributed by atoms with Crippen molar-refractivity contribution in [2.24, 2.45) is 5.10 Å². The summed E-state index contributed by atoms with van der Waals surface area (Å²) in [6, 6.07) is 19.2. The van der Waals surface area contributed by atoms with Crippen molar-refractivity contribution in [3.63, 3.8) is 0 Å². The number of benzene rings is 3. The summed E-state index contributed by atoms with van der Waals surface area (Å²) in [7, 11) is -4.03. The van der Waals surface area contributed by atoms with Gasteiger partial charge in [-0.25, -0.2) is 13.8 Å². The van der Waals surface area contributed by atoms with Crippen molar-refractivity contribution in [2.75, 3.05) is 10.8 Å². The second kappa shape index (κ2) is 11.9. The molecule has 1 aromatic heterocycles. The van der Waals surface area contributed by atoms with E-state index < -0.39 is 22.5 Å². The van der Waals surface area contributed by atoms with E-state index in [9.17, 15) is 13.2 Å². The van der Waals surface area contributed by atoms with Crippen molar-refractivity contribution in [1.29, 1.82) is 0 Å². The fourth-order valence-electron chi connectivity index (χ4n) is 4.57. The second-order valence-corrected chi connectivity index (χ2v) is 12.5. The van der Waals surface area contributed by atoms with Crippen LogP contribution in [0.5, 0.6) is 0 Å². The largest absolute Gasteiger partial charge is 0.318 e. The van der Waals surface area contributed by atoms with Crippen molar-refractivity contribution in [3.8, 4) is 5.69 Å². The number of aromatic nitrogens is 1. The Balaban J connectivity index is 1.58. The number of hydrogen-bond donors (Lipinski definition) is 1. The van der Waals surface area contributed by atoms with Gasteiger partial charge in [-0.2, -0.15) is 5.10 Å². The van der Waals surface area contributed by atoms with Crippen LogP contribution in [0.2, 0.25) is 10.0 Å². The van der Waals surface area contributed by atoms with Crippen LogP contribution in [-0.2, 0) is 14.8 Å². The second-order valence-electron chi connectivity index (χ2n) is 9.75.